The summed E-state index contributed by atoms with van der Waals surface area (Å²) in [6, 6.07) is 22.4. The lowest BCUT2D eigenvalue weighted by atomic mass is 10.1. The van der Waals surface area contributed by atoms with Gasteiger partial charge in [-0.25, -0.2) is 8.42 Å². The molecule has 0 aliphatic heterocycles. The van der Waals surface area contributed by atoms with E-state index in [2.05, 4.69) is 5.32 Å². The fourth-order valence-corrected chi connectivity index (χ4v) is 6.31. The highest BCUT2D eigenvalue weighted by Crippen LogP contribution is 2.26. The quantitative estimate of drug-likeness (QED) is 0.388. The van der Waals surface area contributed by atoms with Gasteiger partial charge in [0.05, 0.1) is 10.6 Å². The highest BCUT2D eigenvalue weighted by molar-refractivity contribution is 7.92. The van der Waals surface area contributed by atoms with Crippen LogP contribution >= 0.6 is 0 Å². The van der Waals surface area contributed by atoms with E-state index >= 15 is 0 Å². The maximum Gasteiger partial charge on any atom is 0.264 e. The fraction of sp³-hybridized carbons (Fsp3) is 0.355. The first-order valence-corrected chi connectivity index (χ1v) is 14.9. The van der Waals surface area contributed by atoms with Crippen LogP contribution in [-0.4, -0.2) is 43.8 Å². The van der Waals surface area contributed by atoms with Gasteiger partial charge >= 0.3 is 0 Å². The predicted molar refractivity (Wildman–Crippen MR) is 154 cm³/mol. The molecular weight excluding hydrogens is 510 g/mol. The van der Waals surface area contributed by atoms with E-state index in [0.29, 0.717) is 5.69 Å². The van der Waals surface area contributed by atoms with Gasteiger partial charge in [0.2, 0.25) is 11.8 Å². The lowest BCUT2D eigenvalue weighted by Crippen LogP contribution is -2.52. The summed E-state index contributed by atoms with van der Waals surface area (Å²) < 4.78 is 28.9. The van der Waals surface area contributed by atoms with Gasteiger partial charge in [-0.2, -0.15) is 0 Å². The first kappa shape index (κ1) is 28.4. The van der Waals surface area contributed by atoms with E-state index in [4.69, 9.17) is 0 Å². The third kappa shape index (κ3) is 7.06. The van der Waals surface area contributed by atoms with Crippen molar-refractivity contribution in [3.63, 3.8) is 0 Å². The predicted octanol–water partition coefficient (Wildman–Crippen LogP) is 4.97. The van der Waals surface area contributed by atoms with Gasteiger partial charge in [-0.1, -0.05) is 73.0 Å². The molecule has 1 N–H and O–H groups in total. The van der Waals surface area contributed by atoms with E-state index in [9.17, 15) is 18.0 Å². The second-order valence-electron chi connectivity index (χ2n) is 10.3. The monoisotopic (exact) mass is 547 g/mol. The zero-order valence-corrected chi connectivity index (χ0v) is 23.7. The molecule has 0 unspecified atom stereocenters. The SMILES string of the molecule is Cc1ccc(S(=O)(=O)N(CC(=O)N(Cc2ccccc2)[C@H](C)C(=O)NC2CCCC2)c2cccc(C)c2)cc1. The number of nitrogens with one attached hydrogen (secondary N) is 1. The van der Waals surface area contributed by atoms with Crippen molar-refractivity contribution in [2.75, 3.05) is 10.8 Å². The molecule has 1 aliphatic carbocycles. The number of carbonyl (C=O) groups excluding carboxylic acids is 2. The molecule has 39 heavy (non-hydrogen) atoms. The van der Waals surface area contributed by atoms with Crippen molar-refractivity contribution in [1.29, 1.82) is 0 Å². The van der Waals surface area contributed by atoms with Gasteiger partial charge in [0.15, 0.2) is 0 Å². The summed E-state index contributed by atoms with van der Waals surface area (Å²) in [7, 11) is -4.07. The van der Waals surface area contributed by atoms with Crippen molar-refractivity contribution in [1.82, 2.24) is 10.2 Å². The molecule has 7 nitrogen and oxygen atoms in total. The Hall–Kier alpha value is -3.65. The van der Waals surface area contributed by atoms with Crippen LogP contribution in [0, 0.1) is 13.8 Å². The van der Waals surface area contributed by atoms with Gasteiger partial charge in [-0.15, -0.1) is 0 Å². The Labute approximate surface area is 231 Å². The molecule has 0 radical (unpaired) electrons. The van der Waals surface area contributed by atoms with Gasteiger partial charge in [0.25, 0.3) is 10.0 Å². The molecule has 0 spiro atoms. The van der Waals surface area contributed by atoms with Crippen LogP contribution in [0.5, 0.6) is 0 Å². The van der Waals surface area contributed by atoms with Crippen molar-refractivity contribution in [2.45, 2.75) is 70.0 Å². The molecule has 2 amide bonds. The van der Waals surface area contributed by atoms with Crippen LogP contribution in [0.25, 0.3) is 0 Å². The zero-order chi connectivity index (χ0) is 28.0. The summed E-state index contributed by atoms with van der Waals surface area (Å²) in [6.45, 7) is 5.21. The summed E-state index contributed by atoms with van der Waals surface area (Å²) in [4.78, 5) is 28.8. The highest BCUT2D eigenvalue weighted by Gasteiger charge is 2.33. The minimum Gasteiger partial charge on any atom is -0.352 e. The molecule has 1 saturated carbocycles. The van der Waals surface area contributed by atoms with Crippen LogP contribution in [0.4, 0.5) is 5.69 Å². The van der Waals surface area contributed by atoms with Crippen LogP contribution in [0.15, 0.2) is 83.8 Å². The van der Waals surface area contributed by atoms with E-state index in [1.54, 1.807) is 49.4 Å². The lowest BCUT2D eigenvalue weighted by molar-refractivity contribution is -0.139. The Morgan fingerprint density at radius 1 is 0.897 bits per heavy atom. The Bertz CT molecular complexity index is 1380. The normalized spacial score (nSPS) is 14.5. The first-order valence-electron chi connectivity index (χ1n) is 13.4. The minimum absolute atomic E-state index is 0.101. The molecule has 206 valence electrons. The van der Waals surface area contributed by atoms with Gasteiger partial charge in [0.1, 0.15) is 12.6 Å². The largest absolute Gasteiger partial charge is 0.352 e. The standard InChI is InChI=1S/C31H37N3O4S/c1-23-16-18-29(19-17-23)39(37,38)34(28-15-9-10-24(2)20-28)22-30(35)33(21-26-11-5-4-6-12-26)25(3)31(36)32-27-13-7-8-14-27/h4-6,9-12,15-20,25,27H,7-8,13-14,21-22H2,1-3H3,(H,32,36)/t25-/m1/s1. The Kier molecular flexibility index (Phi) is 9.07. The molecule has 4 rings (SSSR count). The molecule has 0 bridgehead atoms. The molecule has 1 fully saturated rings. The number of hydrogen-bond acceptors (Lipinski definition) is 4. The van der Waals surface area contributed by atoms with Gasteiger partial charge in [0, 0.05) is 12.6 Å². The second-order valence-corrected chi connectivity index (χ2v) is 12.2. The van der Waals surface area contributed by atoms with Crippen LogP contribution < -0.4 is 9.62 Å². The number of nitrogens with zero attached hydrogens (tertiary/aromatic N) is 2. The molecule has 3 aromatic rings. The molecule has 0 heterocycles. The maximum atomic E-state index is 14.0. The van der Waals surface area contributed by atoms with Crippen LogP contribution in [0.2, 0.25) is 0 Å². The van der Waals surface area contributed by atoms with E-state index in [1.807, 2.05) is 50.2 Å². The molecule has 8 heteroatoms. The number of rotatable bonds is 10. The molecule has 0 aromatic heterocycles. The lowest BCUT2D eigenvalue weighted by Gasteiger charge is -2.32. The summed E-state index contributed by atoms with van der Waals surface area (Å²) in [5.74, 6) is -0.681. The fourth-order valence-electron chi connectivity index (χ4n) is 4.90. The molecule has 1 aliphatic rings. The first-order chi connectivity index (χ1) is 18.6. The number of sulfonamides is 1. The number of carbonyl (C=O) groups is 2. The van der Waals surface area contributed by atoms with Gasteiger partial charge in [-0.05, 0) is 69.0 Å². The Balaban J connectivity index is 1.67. The van der Waals surface area contributed by atoms with Crippen molar-refractivity contribution in [3.8, 4) is 0 Å². The van der Waals surface area contributed by atoms with E-state index in [1.165, 1.54) is 4.90 Å². The summed E-state index contributed by atoms with van der Waals surface area (Å²) in [5.41, 5.74) is 3.05. The van der Waals surface area contributed by atoms with Crippen molar-refractivity contribution in [2.24, 2.45) is 0 Å². The second kappa shape index (κ2) is 12.5. The highest BCUT2D eigenvalue weighted by atomic mass is 32.2. The average Bonchev–Trinajstić information content (AvgIpc) is 3.43. The summed E-state index contributed by atoms with van der Waals surface area (Å²) >= 11 is 0. The average molecular weight is 548 g/mol. The topological polar surface area (TPSA) is 86.8 Å². The van der Waals surface area contributed by atoms with Crippen LogP contribution in [0.1, 0.15) is 49.3 Å². The van der Waals surface area contributed by atoms with E-state index in [-0.39, 0.29) is 23.4 Å². The molecule has 0 saturated heterocycles. The Morgan fingerprint density at radius 3 is 2.21 bits per heavy atom. The zero-order valence-electron chi connectivity index (χ0n) is 22.8. The minimum atomic E-state index is -4.07. The number of benzene rings is 3. The summed E-state index contributed by atoms with van der Waals surface area (Å²) in [5, 5.41) is 3.09. The van der Waals surface area contributed by atoms with Crippen molar-refractivity contribution >= 4 is 27.5 Å². The van der Waals surface area contributed by atoms with Gasteiger partial charge in [-0.3, -0.25) is 13.9 Å². The number of hydrogen-bond donors (Lipinski definition) is 1. The van der Waals surface area contributed by atoms with E-state index in [0.717, 1.165) is 46.7 Å². The van der Waals surface area contributed by atoms with Crippen molar-refractivity contribution in [3.05, 3.63) is 95.6 Å². The number of amides is 2. The summed E-state index contributed by atoms with van der Waals surface area (Å²) in [6.07, 6.45) is 4.02. The number of anilines is 1. The molecule has 1 atom stereocenters. The third-order valence-corrected chi connectivity index (χ3v) is 9.03. The van der Waals surface area contributed by atoms with Crippen LogP contribution in [-0.2, 0) is 26.2 Å². The van der Waals surface area contributed by atoms with Crippen molar-refractivity contribution < 1.29 is 18.0 Å². The van der Waals surface area contributed by atoms with Gasteiger partial charge < -0.3 is 10.2 Å². The van der Waals surface area contributed by atoms with Crippen LogP contribution in [0.3, 0.4) is 0 Å². The molecule has 3 aromatic carbocycles. The Morgan fingerprint density at radius 2 is 1.56 bits per heavy atom. The van der Waals surface area contributed by atoms with E-state index < -0.39 is 28.5 Å². The number of aryl methyl sites for hydroxylation is 2. The molecular formula is C31H37N3O4S. The third-order valence-electron chi connectivity index (χ3n) is 7.24. The maximum absolute atomic E-state index is 14.0. The smallest absolute Gasteiger partial charge is 0.264 e.